The fourth-order valence-corrected chi connectivity index (χ4v) is 21.7. The Morgan fingerprint density at radius 3 is 0.819 bits per heavy atom. The molecule has 28 rings (SSSR count). The van der Waals surface area contributed by atoms with E-state index in [1.165, 1.54) is 219 Å². The number of ether oxygens (including phenoxy) is 4. The van der Waals surface area contributed by atoms with E-state index < -0.39 is 0 Å². The Hall–Kier alpha value is -13.6. The second-order valence-electron chi connectivity index (χ2n) is 35.4. The van der Waals surface area contributed by atoms with Crippen LogP contribution in [-0.4, -0.2) is 0 Å². The maximum absolute atomic E-state index is 6.60. The molecule has 8 heterocycles. The van der Waals surface area contributed by atoms with Gasteiger partial charge in [-0.25, -0.2) is 0 Å². The number of benzene rings is 16. The van der Waals surface area contributed by atoms with Gasteiger partial charge in [-0.2, -0.15) is 18.3 Å². The van der Waals surface area contributed by atoms with Crippen LogP contribution < -0.4 is 37.2 Å². The molecule has 0 amide bonds. The minimum Gasteiger partial charge on any atom is -0.434 e. The van der Waals surface area contributed by atoms with Crippen LogP contribution in [-0.2, 0) is 48.6 Å². The van der Waals surface area contributed by atoms with Crippen LogP contribution in [0.15, 0.2) is 291 Å². The van der Waals surface area contributed by atoms with E-state index in [2.05, 4.69) is 365 Å². The summed E-state index contributed by atoms with van der Waals surface area (Å²) in [5.41, 5.74) is 25.0. The van der Waals surface area contributed by atoms with E-state index in [1.54, 1.807) is 0 Å². The third-order valence-corrected chi connectivity index (χ3v) is 27.7. The Morgan fingerprint density at radius 1 is 0.207 bits per heavy atom. The van der Waals surface area contributed by atoms with Crippen molar-refractivity contribution >= 4 is 130 Å². The highest BCUT2D eigenvalue weighted by Gasteiger charge is 2.52. The van der Waals surface area contributed by atoms with Crippen molar-refractivity contribution in [3.05, 3.63) is 336 Å². The van der Waals surface area contributed by atoms with Crippen molar-refractivity contribution in [2.75, 3.05) is 0 Å². The average Bonchev–Trinajstić information content (AvgIpc) is 1.55. The Bertz CT molecular complexity index is 7610. The molecule has 0 radical (unpaired) electrons. The first-order valence-electron chi connectivity index (χ1n) is 40.9. The van der Waals surface area contributed by atoms with Crippen LogP contribution in [0.2, 0.25) is 0 Å². The van der Waals surface area contributed by atoms with Gasteiger partial charge >= 0.3 is 0 Å². The third kappa shape index (κ3) is 8.93. The molecule has 0 fully saturated rings. The second kappa shape index (κ2) is 23.1. The number of para-hydroxylation sites is 2. The molecule has 0 bridgehead atoms. The molecule has 0 unspecified atom stereocenters. The van der Waals surface area contributed by atoms with Crippen LogP contribution >= 0.6 is 0 Å². The van der Waals surface area contributed by atoms with Crippen LogP contribution in [0.4, 0.5) is 0 Å². The molecule has 8 heteroatoms. The van der Waals surface area contributed by atoms with Gasteiger partial charge in [0.25, 0.3) is 26.9 Å². The fraction of sp³-hybridized carbons (Fsp3) is 0.148. The largest absolute Gasteiger partial charge is 0.434 e. The van der Waals surface area contributed by atoms with Crippen LogP contribution in [0.25, 0.3) is 175 Å². The van der Waals surface area contributed by atoms with Gasteiger partial charge in [0.1, 0.15) is 23.0 Å². The molecule has 0 atom stereocenters. The molecule has 552 valence electrons. The Morgan fingerprint density at radius 2 is 0.466 bits per heavy atom. The topological polar surface area (TPSA) is 52.4 Å². The highest BCUT2D eigenvalue weighted by molar-refractivity contribution is 6.11. The van der Waals surface area contributed by atoms with E-state index >= 15 is 0 Å². The Kier molecular flexibility index (Phi) is 13.1. The smallest absolute Gasteiger partial charge is 0.293 e. The maximum atomic E-state index is 6.60. The van der Waals surface area contributed by atoms with E-state index in [0.29, 0.717) is 26.9 Å². The van der Waals surface area contributed by atoms with Crippen LogP contribution in [0.1, 0.15) is 99.9 Å². The van der Waals surface area contributed by atoms with E-state index in [9.17, 15) is 0 Å². The fourth-order valence-electron chi connectivity index (χ4n) is 21.7. The number of hydrogen-bond donors (Lipinski definition) is 0. The monoisotopic (exact) mass is 1500 g/mol. The van der Waals surface area contributed by atoms with Gasteiger partial charge < -0.3 is 18.9 Å². The highest BCUT2D eigenvalue weighted by Crippen LogP contribution is 2.60. The molecule has 16 aromatic carbocycles. The maximum Gasteiger partial charge on any atom is 0.293 e. The summed E-state index contributed by atoms with van der Waals surface area (Å²) in [5.74, 6) is 4.19. The lowest BCUT2D eigenvalue weighted by molar-refractivity contribution is -0.717. The molecule has 0 saturated heterocycles. The molecule has 8 nitrogen and oxygen atoms in total. The molecule has 4 aromatic heterocycles. The number of pyridine rings is 4. The standard InChI is InChI=1S/C31H22NO.2C27H20NO.C23H18NO/c1-31(2)25-14-22-11-18-7-3-5-9-20(18)13-24(22)30-28(25)29-26(31)15-23-12-19-8-4-6-10-21(19)16-27(23)32(29)17-33-30;2*1-27(2)21-14-19-11-16-7-3-4-8-17(16)12-20(19)26-24(21)25-22(27)13-18-9-5-6-10-23(18)28(25)15-29-26;1-23(2)18-8-5-9-24-13-25-22-17-11-15-7-4-3-6-14(15)10-16(17)12-19(23)20(22)21(18)24/h3-16H,17H2,1-2H3;2*3-14H,15H2,1-2H3;3-12H,13H2,1-2H3/q4*+1. The Balaban J connectivity index is 0.0000000870. The molecule has 0 N–H and O–H groups in total. The van der Waals surface area contributed by atoms with Crippen molar-refractivity contribution in [2.45, 2.75) is 104 Å². The highest BCUT2D eigenvalue weighted by atomic mass is 16.5. The number of fused-ring (bicyclic) bond motifs is 19. The van der Waals surface area contributed by atoms with Crippen molar-refractivity contribution in [1.82, 2.24) is 0 Å². The van der Waals surface area contributed by atoms with Gasteiger partial charge in [-0.3, -0.25) is 0 Å². The molecule has 116 heavy (non-hydrogen) atoms. The minimum absolute atomic E-state index is 0.00401. The van der Waals surface area contributed by atoms with Gasteiger partial charge in [0.05, 0.1) is 22.3 Å². The lowest BCUT2D eigenvalue weighted by Gasteiger charge is -2.21. The molecular formula is C108H80N4O4+4. The number of hydrogen-bond acceptors (Lipinski definition) is 4. The molecule has 4 aliphatic heterocycles. The first kappa shape index (κ1) is 65.9. The lowest BCUT2D eigenvalue weighted by atomic mass is 9.81. The van der Waals surface area contributed by atoms with E-state index in [1.807, 2.05) is 0 Å². The van der Waals surface area contributed by atoms with Crippen LogP contribution in [0, 0.1) is 0 Å². The van der Waals surface area contributed by atoms with Crippen LogP contribution in [0.3, 0.4) is 0 Å². The first-order chi connectivity index (χ1) is 56.5. The summed E-state index contributed by atoms with van der Waals surface area (Å²) in [6.45, 7) is 21.0. The summed E-state index contributed by atoms with van der Waals surface area (Å²) in [4.78, 5) is 0. The van der Waals surface area contributed by atoms with Crippen molar-refractivity contribution in [3.63, 3.8) is 0 Å². The molecular weight excluding hydrogens is 1420 g/mol. The molecule has 0 spiro atoms. The Labute approximate surface area is 670 Å². The summed E-state index contributed by atoms with van der Waals surface area (Å²) in [6, 6.07) is 104. The number of aromatic nitrogens is 4. The van der Waals surface area contributed by atoms with E-state index in [4.69, 9.17) is 18.9 Å². The van der Waals surface area contributed by atoms with Crippen molar-refractivity contribution in [2.24, 2.45) is 0 Å². The minimum atomic E-state index is -0.0888. The number of nitrogens with zero attached hydrogens (tertiary/aromatic N) is 4. The van der Waals surface area contributed by atoms with Crippen molar-refractivity contribution in [3.8, 4) is 68.0 Å². The SMILES string of the molecule is CC1(C)c2cc3cc4ccccc4cc3c3c2-c2c1cc1cc4ccccc4cc1[n+]2CO3.CC1(C)c2cc3cc4ccccc4cc3c3c2-c2c1cc1ccccc1[n+]2CO3.CC1(C)c2cc3cc4ccccc4cc3c3c2-c2c1cc1ccccc1[n+]2CO3.CC1(C)c2cc3cc4ccccc4cc3c3c2-c2c1ccc[n+]2CO3. The summed E-state index contributed by atoms with van der Waals surface area (Å²) in [7, 11) is 0. The summed E-state index contributed by atoms with van der Waals surface area (Å²) in [5, 5.41) is 26.4. The molecule has 20 aromatic rings. The second-order valence-corrected chi connectivity index (χ2v) is 35.4. The normalized spacial score (nSPS) is 15.7. The van der Waals surface area contributed by atoms with Gasteiger partial charge in [-0.15, -0.1) is 0 Å². The third-order valence-electron chi connectivity index (χ3n) is 27.7. The molecule has 8 aliphatic rings. The summed E-state index contributed by atoms with van der Waals surface area (Å²) < 4.78 is 35.2. The lowest BCUT2D eigenvalue weighted by Crippen LogP contribution is -2.42. The predicted molar refractivity (Wildman–Crippen MR) is 469 cm³/mol. The average molecular weight is 1500 g/mol. The predicted octanol–water partition coefficient (Wildman–Crippen LogP) is 24.4. The van der Waals surface area contributed by atoms with Crippen LogP contribution in [0.5, 0.6) is 23.0 Å². The summed E-state index contributed by atoms with van der Waals surface area (Å²) in [6.07, 6.45) is 2.12. The van der Waals surface area contributed by atoms with Gasteiger partial charge in [0.2, 0.25) is 39.3 Å². The zero-order chi connectivity index (χ0) is 77.3. The van der Waals surface area contributed by atoms with E-state index in [-0.39, 0.29) is 21.7 Å². The zero-order valence-electron chi connectivity index (χ0n) is 66.0. The summed E-state index contributed by atoms with van der Waals surface area (Å²) >= 11 is 0. The molecule has 0 saturated carbocycles. The van der Waals surface area contributed by atoms with Gasteiger partial charge in [0.15, 0.2) is 6.20 Å². The number of rotatable bonds is 0. The molecule has 4 aliphatic carbocycles. The van der Waals surface area contributed by atoms with Gasteiger partial charge in [-0.1, -0.05) is 201 Å². The van der Waals surface area contributed by atoms with Gasteiger partial charge in [-0.05, 0) is 213 Å². The van der Waals surface area contributed by atoms with E-state index in [0.717, 1.165) is 23.0 Å². The van der Waals surface area contributed by atoms with Crippen molar-refractivity contribution < 1.29 is 37.2 Å². The quantitative estimate of drug-likeness (QED) is 0.112. The first-order valence-corrected chi connectivity index (χ1v) is 40.9. The van der Waals surface area contributed by atoms with Gasteiger partial charge in [0, 0.05) is 106 Å². The van der Waals surface area contributed by atoms with Crippen molar-refractivity contribution in [1.29, 1.82) is 0 Å². The zero-order valence-corrected chi connectivity index (χ0v) is 66.0.